The van der Waals surface area contributed by atoms with Crippen LogP contribution in [0.25, 0.3) is 0 Å². The van der Waals surface area contributed by atoms with Crippen LogP contribution < -0.4 is 5.32 Å². The Balaban J connectivity index is 1.73. The first kappa shape index (κ1) is 28.5. The Morgan fingerprint density at radius 1 is 0.949 bits per heavy atom. The normalized spacial score (nSPS) is 15.0. The zero-order valence-corrected chi connectivity index (χ0v) is 24.3. The third-order valence-electron chi connectivity index (χ3n) is 6.20. The van der Waals surface area contributed by atoms with Gasteiger partial charge in [-0.2, -0.15) is 0 Å². The van der Waals surface area contributed by atoms with Gasteiger partial charge in [0.05, 0.1) is 5.56 Å². The molecular weight excluding hydrogens is 582 g/mol. The summed E-state index contributed by atoms with van der Waals surface area (Å²) in [5, 5.41) is 2.96. The van der Waals surface area contributed by atoms with Crippen LogP contribution in [0.4, 0.5) is 0 Å². The summed E-state index contributed by atoms with van der Waals surface area (Å²) < 4.78 is 27.8. The summed E-state index contributed by atoms with van der Waals surface area (Å²) in [6.45, 7) is 4.84. The van der Waals surface area contributed by atoms with Gasteiger partial charge in [0.2, 0.25) is 11.8 Å². The van der Waals surface area contributed by atoms with Crippen molar-refractivity contribution in [1.29, 1.82) is 0 Å². The van der Waals surface area contributed by atoms with Gasteiger partial charge in [0.25, 0.3) is 15.9 Å². The number of nitrogens with zero attached hydrogens (tertiary/aromatic N) is 2. The van der Waals surface area contributed by atoms with E-state index >= 15 is 0 Å². The minimum Gasteiger partial charge on any atom is -0.350 e. The van der Waals surface area contributed by atoms with Crippen molar-refractivity contribution in [2.45, 2.75) is 50.2 Å². The third kappa shape index (κ3) is 6.57. The lowest BCUT2D eigenvalue weighted by Gasteiger charge is -2.34. The zero-order chi connectivity index (χ0) is 28.4. The molecule has 3 aromatic rings. The average Bonchev–Trinajstić information content (AvgIpc) is 3.06. The molecule has 0 spiro atoms. The van der Waals surface area contributed by atoms with Crippen LogP contribution in [0.3, 0.4) is 0 Å². The second kappa shape index (κ2) is 11.3. The first-order chi connectivity index (χ1) is 18.4. The molecule has 0 unspecified atom stereocenters. The molecule has 1 aliphatic heterocycles. The number of benzene rings is 3. The topological polar surface area (TPSA) is 104 Å². The number of fused-ring (bicyclic) bond motifs is 1. The van der Waals surface area contributed by atoms with E-state index in [9.17, 15) is 22.8 Å². The molecule has 1 aliphatic rings. The Hall–Kier alpha value is -3.50. The molecule has 0 fully saturated rings. The van der Waals surface area contributed by atoms with Crippen molar-refractivity contribution in [3.05, 3.63) is 100 Å². The second-order valence-electron chi connectivity index (χ2n) is 10.4. The van der Waals surface area contributed by atoms with Crippen molar-refractivity contribution < 1.29 is 22.8 Å². The van der Waals surface area contributed by atoms with E-state index in [1.54, 1.807) is 6.07 Å². The maximum atomic E-state index is 14.0. The predicted molar refractivity (Wildman–Crippen MR) is 151 cm³/mol. The number of hydrogen-bond donors (Lipinski definition) is 1. The molecule has 1 heterocycles. The molecule has 0 aromatic heterocycles. The van der Waals surface area contributed by atoms with Gasteiger partial charge in [0.1, 0.15) is 17.5 Å². The zero-order valence-electron chi connectivity index (χ0n) is 21.9. The molecule has 3 amide bonds. The molecule has 0 bridgehead atoms. The van der Waals surface area contributed by atoms with Gasteiger partial charge in [-0.25, -0.2) is 12.7 Å². The molecule has 8 nitrogen and oxygen atoms in total. The number of carbonyl (C=O) groups excluding carboxylic acids is 3. The molecule has 0 radical (unpaired) electrons. The van der Waals surface area contributed by atoms with Gasteiger partial charge in [-0.3, -0.25) is 14.4 Å². The van der Waals surface area contributed by atoms with Gasteiger partial charge >= 0.3 is 0 Å². The average molecular weight is 613 g/mol. The summed E-state index contributed by atoms with van der Waals surface area (Å²) in [7, 11) is -4.21. The van der Waals surface area contributed by atoms with Gasteiger partial charge in [-0.05, 0) is 56.2 Å². The van der Waals surface area contributed by atoms with Crippen molar-refractivity contribution in [3.8, 4) is 0 Å². The molecule has 0 aliphatic carbocycles. The number of rotatable bonds is 8. The van der Waals surface area contributed by atoms with Crippen LogP contribution in [-0.4, -0.2) is 53.5 Å². The largest absolute Gasteiger partial charge is 0.350 e. The van der Waals surface area contributed by atoms with Crippen molar-refractivity contribution in [1.82, 2.24) is 14.5 Å². The number of amides is 3. The Morgan fingerprint density at radius 3 is 2.23 bits per heavy atom. The Bertz CT molecular complexity index is 1500. The lowest BCUT2D eigenvalue weighted by atomic mass is 10.0. The van der Waals surface area contributed by atoms with Crippen molar-refractivity contribution in [2.24, 2.45) is 0 Å². The third-order valence-corrected chi connectivity index (χ3v) is 8.48. The summed E-state index contributed by atoms with van der Waals surface area (Å²) in [6, 6.07) is 21.5. The summed E-state index contributed by atoms with van der Waals surface area (Å²) >= 11 is 3.44. The van der Waals surface area contributed by atoms with Gasteiger partial charge in [0.15, 0.2) is 0 Å². The Labute approximate surface area is 237 Å². The summed E-state index contributed by atoms with van der Waals surface area (Å²) in [6.07, 6.45) is 0.198. The first-order valence-electron chi connectivity index (χ1n) is 12.4. The Morgan fingerprint density at radius 2 is 1.59 bits per heavy atom. The number of halogens is 1. The van der Waals surface area contributed by atoms with Crippen LogP contribution >= 0.6 is 15.9 Å². The highest BCUT2D eigenvalue weighted by Crippen LogP contribution is 2.30. The monoisotopic (exact) mass is 611 g/mol. The lowest BCUT2D eigenvalue weighted by Crippen LogP contribution is -2.56. The molecule has 1 N–H and O–H groups in total. The summed E-state index contributed by atoms with van der Waals surface area (Å²) in [5.41, 5.74) is 1.01. The number of nitrogens with one attached hydrogen (secondary N) is 1. The standard InChI is InChI=1S/C29H30BrN3O5S/c1-29(2,3)31-27(35)24(17-20-10-5-4-6-11-20)32(18-21-12-9-13-22(30)16-21)26(34)19-33-28(36)23-14-7-8-15-25(23)39(33,37)38/h4-16,24H,17-19H2,1-3H3,(H,31,35)/t24-/m1/s1. The fourth-order valence-corrected chi connectivity index (χ4v) is 6.40. The van der Waals surface area contributed by atoms with Crippen LogP contribution in [0.1, 0.15) is 42.3 Å². The molecule has 10 heteroatoms. The minimum absolute atomic E-state index is 0.0233. The molecular formula is C29H30BrN3O5S. The highest BCUT2D eigenvalue weighted by Gasteiger charge is 2.43. The van der Waals surface area contributed by atoms with Crippen molar-refractivity contribution in [3.63, 3.8) is 0 Å². The quantitative estimate of drug-likeness (QED) is 0.412. The molecule has 3 aromatic carbocycles. The number of carbonyl (C=O) groups is 3. The van der Waals surface area contributed by atoms with E-state index in [0.717, 1.165) is 15.6 Å². The predicted octanol–water partition coefficient (Wildman–Crippen LogP) is 4.15. The van der Waals surface area contributed by atoms with E-state index in [0.29, 0.717) is 4.31 Å². The fourth-order valence-electron chi connectivity index (χ4n) is 4.44. The van der Waals surface area contributed by atoms with Crippen molar-refractivity contribution >= 4 is 43.7 Å². The molecule has 0 saturated carbocycles. The maximum Gasteiger partial charge on any atom is 0.269 e. The highest BCUT2D eigenvalue weighted by molar-refractivity contribution is 9.10. The van der Waals surface area contributed by atoms with Crippen LogP contribution in [-0.2, 0) is 32.6 Å². The van der Waals surface area contributed by atoms with E-state index in [-0.39, 0.29) is 29.3 Å². The Kier molecular flexibility index (Phi) is 8.27. The number of hydrogen-bond acceptors (Lipinski definition) is 5. The molecule has 39 heavy (non-hydrogen) atoms. The molecule has 0 saturated heterocycles. The van der Waals surface area contributed by atoms with Crippen LogP contribution in [0.2, 0.25) is 0 Å². The molecule has 1 atom stereocenters. The van der Waals surface area contributed by atoms with Gasteiger partial charge < -0.3 is 10.2 Å². The fraction of sp³-hybridized carbons (Fsp3) is 0.276. The maximum absolute atomic E-state index is 14.0. The van der Waals surface area contributed by atoms with E-state index in [1.807, 2.05) is 75.4 Å². The molecule has 204 valence electrons. The van der Waals surface area contributed by atoms with Crippen molar-refractivity contribution in [2.75, 3.05) is 6.54 Å². The van der Waals surface area contributed by atoms with E-state index in [4.69, 9.17) is 0 Å². The summed E-state index contributed by atoms with van der Waals surface area (Å²) in [5.74, 6) is -1.81. The number of sulfonamides is 1. The van der Waals surface area contributed by atoms with Crippen LogP contribution in [0, 0.1) is 0 Å². The second-order valence-corrected chi connectivity index (χ2v) is 13.2. The van der Waals surface area contributed by atoms with E-state index < -0.39 is 40.0 Å². The van der Waals surface area contributed by atoms with Gasteiger partial charge in [-0.15, -0.1) is 0 Å². The highest BCUT2D eigenvalue weighted by atomic mass is 79.9. The van der Waals surface area contributed by atoms with Crippen LogP contribution in [0.5, 0.6) is 0 Å². The van der Waals surface area contributed by atoms with E-state index in [2.05, 4.69) is 21.2 Å². The van der Waals surface area contributed by atoms with E-state index in [1.165, 1.54) is 23.1 Å². The first-order valence-corrected chi connectivity index (χ1v) is 14.7. The smallest absolute Gasteiger partial charge is 0.269 e. The summed E-state index contributed by atoms with van der Waals surface area (Å²) in [4.78, 5) is 41.9. The molecule has 4 rings (SSSR count). The van der Waals surface area contributed by atoms with Gasteiger partial charge in [0, 0.05) is 23.0 Å². The SMILES string of the molecule is CC(C)(C)NC(=O)[C@@H](Cc1ccccc1)N(Cc1cccc(Br)c1)C(=O)CN1C(=O)c2ccccc2S1(=O)=O. The minimum atomic E-state index is -4.21. The lowest BCUT2D eigenvalue weighted by molar-refractivity contribution is -0.141. The van der Waals surface area contributed by atoms with Crippen LogP contribution in [0.15, 0.2) is 88.2 Å². The van der Waals surface area contributed by atoms with Gasteiger partial charge in [-0.1, -0.05) is 70.5 Å².